The van der Waals surface area contributed by atoms with Gasteiger partial charge in [-0.1, -0.05) is 18.2 Å². The summed E-state index contributed by atoms with van der Waals surface area (Å²) < 4.78 is 2.72. The second-order valence-electron chi connectivity index (χ2n) is 3.35. The third kappa shape index (κ3) is 2.32. The summed E-state index contributed by atoms with van der Waals surface area (Å²) in [5, 5.41) is 9.86. The maximum Gasteiger partial charge on any atom is 0.0621 e. The molecular formula is C12H10INS. The van der Waals surface area contributed by atoms with Crippen LogP contribution in [-0.4, -0.2) is 0 Å². The summed E-state index contributed by atoms with van der Waals surface area (Å²) in [5.74, 6) is 0. The summed E-state index contributed by atoms with van der Waals surface area (Å²) in [4.78, 5) is 1.42. The lowest BCUT2D eigenvalue weighted by atomic mass is 10.2. The molecule has 0 fully saturated rings. The Bertz CT molecular complexity index is 510. The van der Waals surface area contributed by atoms with Gasteiger partial charge in [-0.3, -0.25) is 0 Å². The van der Waals surface area contributed by atoms with Gasteiger partial charge in [-0.15, -0.1) is 11.3 Å². The van der Waals surface area contributed by atoms with Crippen LogP contribution in [0.4, 0.5) is 0 Å². The Morgan fingerprint density at radius 1 is 1.33 bits per heavy atom. The number of rotatable bonds is 3. The van der Waals surface area contributed by atoms with Gasteiger partial charge in [0.1, 0.15) is 0 Å². The van der Waals surface area contributed by atoms with E-state index in [0.29, 0.717) is 6.42 Å². The third-order valence-electron chi connectivity index (χ3n) is 2.29. The molecule has 0 aliphatic heterocycles. The molecule has 0 aliphatic carbocycles. The van der Waals surface area contributed by atoms with Crippen LogP contribution in [0.25, 0.3) is 10.1 Å². The number of benzene rings is 1. The van der Waals surface area contributed by atoms with Crippen LogP contribution in [0.15, 0.2) is 24.3 Å². The van der Waals surface area contributed by atoms with E-state index in [4.69, 9.17) is 5.26 Å². The summed E-state index contributed by atoms with van der Waals surface area (Å²) in [6.07, 6.45) is 2.66. The topological polar surface area (TPSA) is 23.8 Å². The average molecular weight is 327 g/mol. The van der Waals surface area contributed by atoms with Crippen molar-refractivity contribution < 1.29 is 0 Å². The van der Waals surface area contributed by atoms with Crippen LogP contribution in [0, 0.1) is 14.9 Å². The summed E-state index contributed by atoms with van der Waals surface area (Å²) in [6, 6.07) is 10.7. The minimum absolute atomic E-state index is 0.657. The first kappa shape index (κ1) is 10.9. The zero-order valence-electron chi connectivity index (χ0n) is 8.16. The van der Waals surface area contributed by atoms with Gasteiger partial charge >= 0.3 is 0 Å². The second kappa shape index (κ2) is 4.95. The maximum absolute atomic E-state index is 8.50. The quantitative estimate of drug-likeness (QED) is 0.607. The molecule has 2 rings (SSSR count). The van der Waals surface area contributed by atoms with Crippen molar-refractivity contribution in [2.45, 2.75) is 19.3 Å². The molecule has 76 valence electrons. The van der Waals surface area contributed by atoms with Gasteiger partial charge in [0.05, 0.1) is 6.07 Å². The molecule has 1 nitrogen and oxygen atoms in total. The van der Waals surface area contributed by atoms with Crippen molar-refractivity contribution in [3.05, 3.63) is 32.7 Å². The number of aryl methyl sites for hydroxylation is 1. The number of nitrogens with zero attached hydrogens (tertiary/aromatic N) is 1. The van der Waals surface area contributed by atoms with Crippen LogP contribution < -0.4 is 0 Å². The first-order valence-corrected chi connectivity index (χ1v) is 6.75. The first-order valence-electron chi connectivity index (χ1n) is 4.86. The van der Waals surface area contributed by atoms with Gasteiger partial charge in [0.25, 0.3) is 0 Å². The van der Waals surface area contributed by atoms with Crippen molar-refractivity contribution in [1.82, 2.24) is 0 Å². The molecule has 0 N–H and O–H groups in total. The highest BCUT2D eigenvalue weighted by Gasteiger charge is 2.08. The molecule has 15 heavy (non-hydrogen) atoms. The van der Waals surface area contributed by atoms with Crippen LogP contribution in [0.2, 0.25) is 0 Å². The molecule has 0 bridgehead atoms. The van der Waals surface area contributed by atoms with Crippen LogP contribution in [0.1, 0.15) is 17.7 Å². The number of thiophene rings is 1. The molecule has 1 heterocycles. The predicted octanol–water partition coefficient (Wildman–Crippen LogP) is 4.35. The highest BCUT2D eigenvalue weighted by atomic mass is 127. The Kier molecular flexibility index (Phi) is 3.60. The van der Waals surface area contributed by atoms with Gasteiger partial charge in [-0.25, -0.2) is 0 Å². The largest absolute Gasteiger partial charge is 0.198 e. The van der Waals surface area contributed by atoms with E-state index in [0.717, 1.165) is 12.8 Å². The minimum Gasteiger partial charge on any atom is -0.198 e. The van der Waals surface area contributed by atoms with Crippen molar-refractivity contribution in [2.24, 2.45) is 0 Å². The van der Waals surface area contributed by atoms with Crippen molar-refractivity contribution in [3.63, 3.8) is 0 Å². The number of fused-ring (bicyclic) bond motifs is 1. The molecule has 3 heteroatoms. The standard InChI is InChI=1S/C12H10INS/c13-12-9-5-1-2-6-10(9)15-11(12)7-3-4-8-14/h1-2,5-6H,3-4,7H2. The summed E-state index contributed by atoms with van der Waals surface area (Å²) in [5.41, 5.74) is 0. The minimum atomic E-state index is 0.657. The average Bonchev–Trinajstić information content (AvgIpc) is 2.57. The zero-order valence-corrected chi connectivity index (χ0v) is 11.1. The molecule has 0 saturated heterocycles. The molecule has 0 aliphatic rings. The Hall–Kier alpha value is -0.600. The van der Waals surface area contributed by atoms with Gasteiger partial charge in [-0.05, 0) is 41.5 Å². The summed E-state index contributed by atoms with van der Waals surface area (Å²) >= 11 is 4.27. The fraction of sp³-hybridized carbons (Fsp3) is 0.250. The predicted molar refractivity (Wildman–Crippen MR) is 73.1 cm³/mol. The molecule has 0 unspecified atom stereocenters. The molecule has 0 atom stereocenters. The van der Waals surface area contributed by atoms with Crippen LogP contribution in [0.5, 0.6) is 0 Å². The molecule has 2 aromatic rings. The molecule has 1 aromatic heterocycles. The number of nitriles is 1. The van der Waals surface area contributed by atoms with Crippen LogP contribution in [-0.2, 0) is 6.42 Å². The Morgan fingerprint density at radius 3 is 2.87 bits per heavy atom. The maximum atomic E-state index is 8.50. The summed E-state index contributed by atoms with van der Waals surface area (Å²) in [7, 11) is 0. The lowest BCUT2D eigenvalue weighted by Gasteiger charge is -1.94. The highest BCUT2D eigenvalue weighted by molar-refractivity contribution is 14.1. The van der Waals surface area contributed by atoms with E-state index in [9.17, 15) is 0 Å². The lowest BCUT2D eigenvalue weighted by molar-refractivity contribution is 0.860. The van der Waals surface area contributed by atoms with E-state index in [1.54, 1.807) is 0 Å². The van der Waals surface area contributed by atoms with E-state index in [-0.39, 0.29) is 0 Å². The summed E-state index contributed by atoms with van der Waals surface area (Å²) in [6.45, 7) is 0. The van der Waals surface area contributed by atoms with E-state index < -0.39 is 0 Å². The number of unbranched alkanes of at least 4 members (excludes halogenated alkanes) is 1. The van der Waals surface area contributed by atoms with Gasteiger partial charge in [0.15, 0.2) is 0 Å². The van der Waals surface area contributed by atoms with E-state index in [1.165, 1.54) is 18.5 Å². The van der Waals surface area contributed by atoms with Gasteiger partial charge < -0.3 is 0 Å². The number of hydrogen-bond donors (Lipinski definition) is 0. The van der Waals surface area contributed by atoms with E-state index in [2.05, 4.69) is 52.9 Å². The number of halogens is 1. The fourth-order valence-corrected chi connectivity index (χ4v) is 3.94. The van der Waals surface area contributed by atoms with Crippen molar-refractivity contribution >= 4 is 44.0 Å². The van der Waals surface area contributed by atoms with E-state index in [1.807, 2.05) is 11.3 Å². The van der Waals surface area contributed by atoms with Gasteiger partial charge in [0, 0.05) is 25.0 Å². The Morgan fingerprint density at radius 2 is 2.13 bits per heavy atom. The second-order valence-corrected chi connectivity index (χ2v) is 5.56. The molecule has 0 amide bonds. The molecule has 1 aromatic carbocycles. The third-order valence-corrected chi connectivity index (χ3v) is 5.12. The first-order chi connectivity index (χ1) is 7.33. The van der Waals surface area contributed by atoms with Gasteiger partial charge in [0.2, 0.25) is 0 Å². The Labute approximate surface area is 107 Å². The van der Waals surface area contributed by atoms with E-state index >= 15 is 0 Å². The van der Waals surface area contributed by atoms with Crippen molar-refractivity contribution in [2.75, 3.05) is 0 Å². The zero-order chi connectivity index (χ0) is 10.7. The Balaban J connectivity index is 2.29. The van der Waals surface area contributed by atoms with Crippen molar-refractivity contribution in [1.29, 1.82) is 5.26 Å². The molecule has 0 spiro atoms. The highest BCUT2D eigenvalue weighted by Crippen LogP contribution is 2.33. The monoisotopic (exact) mass is 327 g/mol. The van der Waals surface area contributed by atoms with Crippen LogP contribution >= 0.6 is 33.9 Å². The van der Waals surface area contributed by atoms with Gasteiger partial charge in [-0.2, -0.15) is 5.26 Å². The lowest BCUT2D eigenvalue weighted by Crippen LogP contribution is -1.82. The fourth-order valence-electron chi connectivity index (χ4n) is 1.55. The SMILES string of the molecule is N#CCCCc1sc2ccccc2c1I. The molecule has 0 saturated carbocycles. The smallest absolute Gasteiger partial charge is 0.0621 e. The molecular weight excluding hydrogens is 317 g/mol. The van der Waals surface area contributed by atoms with Crippen LogP contribution in [0.3, 0.4) is 0 Å². The normalized spacial score (nSPS) is 10.4. The number of hydrogen-bond acceptors (Lipinski definition) is 2. The van der Waals surface area contributed by atoms with Crippen molar-refractivity contribution in [3.8, 4) is 6.07 Å². The molecule has 0 radical (unpaired) electrons.